The van der Waals surface area contributed by atoms with E-state index in [1.54, 1.807) is 32.4 Å². The zero-order chi connectivity index (χ0) is 24.5. The van der Waals surface area contributed by atoms with Crippen LogP contribution < -0.4 is 29.8 Å². The van der Waals surface area contributed by atoms with Crippen LogP contribution in [-0.2, 0) is 17.9 Å². The van der Waals surface area contributed by atoms with Crippen molar-refractivity contribution in [3.63, 3.8) is 0 Å². The second-order valence-electron chi connectivity index (χ2n) is 7.76. The summed E-state index contributed by atoms with van der Waals surface area (Å²) < 4.78 is 23.2. The number of fused-ring (bicyclic) bond motifs is 2. The summed E-state index contributed by atoms with van der Waals surface area (Å²) in [4.78, 5) is 30.2. The highest BCUT2D eigenvalue weighted by Gasteiger charge is 2.19. The molecule has 35 heavy (non-hydrogen) atoms. The molecule has 0 unspecified atom stereocenters. The summed E-state index contributed by atoms with van der Waals surface area (Å²) in [6.45, 7) is 2.02. The predicted molar refractivity (Wildman–Crippen MR) is 129 cm³/mol. The third-order valence-corrected chi connectivity index (χ3v) is 6.46. The van der Waals surface area contributed by atoms with Crippen LogP contribution in [0.15, 0.2) is 41.2 Å². The van der Waals surface area contributed by atoms with E-state index in [2.05, 4.69) is 15.4 Å². The Hall–Kier alpha value is -4.12. The van der Waals surface area contributed by atoms with Crippen molar-refractivity contribution in [1.82, 2.24) is 20.1 Å². The monoisotopic (exact) mass is 494 g/mol. The molecule has 0 saturated heterocycles. The van der Waals surface area contributed by atoms with Gasteiger partial charge in [0.25, 0.3) is 5.56 Å². The van der Waals surface area contributed by atoms with Crippen molar-refractivity contribution in [1.29, 1.82) is 0 Å². The lowest BCUT2D eigenvalue weighted by Gasteiger charge is -2.12. The molecule has 5 rings (SSSR count). The molecule has 0 aliphatic carbocycles. The number of benzene rings is 2. The van der Waals surface area contributed by atoms with Gasteiger partial charge in [-0.1, -0.05) is 6.07 Å². The van der Waals surface area contributed by atoms with Gasteiger partial charge in [-0.05, 0) is 42.8 Å². The zero-order valence-electron chi connectivity index (χ0n) is 19.3. The molecule has 4 aromatic rings. The number of thiazole rings is 1. The van der Waals surface area contributed by atoms with Gasteiger partial charge in [0.1, 0.15) is 12.2 Å². The Morgan fingerprint density at radius 2 is 1.91 bits per heavy atom. The van der Waals surface area contributed by atoms with E-state index in [1.807, 2.05) is 25.1 Å². The second-order valence-corrected chi connectivity index (χ2v) is 8.96. The van der Waals surface area contributed by atoms with Crippen molar-refractivity contribution in [2.45, 2.75) is 20.0 Å². The van der Waals surface area contributed by atoms with Gasteiger partial charge in [0, 0.05) is 12.1 Å². The van der Waals surface area contributed by atoms with E-state index in [0.717, 1.165) is 15.3 Å². The molecule has 0 spiro atoms. The van der Waals surface area contributed by atoms with Gasteiger partial charge in [-0.2, -0.15) is 5.10 Å². The van der Waals surface area contributed by atoms with Crippen LogP contribution in [0.2, 0.25) is 0 Å². The summed E-state index contributed by atoms with van der Waals surface area (Å²) in [6, 6.07) is 10.8. The minimum atomic E-state index is -0.424. The minimum absolute atomic E-state index is 0.181. The molecule has 1 N–H and O–H groups in total. The largest absolute Gasteiger partial charge is 0.493 e. The van der Waals surface area contributed by atoms with Crippen molar-refractivity contribution in [2.24, 2.45) is 0 Å². The van der Waals surface area contributed by atoms with Crippen LogP contribution in [0.1, 0.15) is 10.6 Å². The van der Waals surface area contributed by atoms with E-state index < -0.39 is 5.56 Å². The molecule has 0 bridgehead atoms. The summed E-state index contributed by atoms with van der Waals surface area (Å²) in [6.07, 6.45) is 0. The van der Waals surface area contributed by atoms with Crippen molar-refractivity contribution in [2.75, 3.05) is 21.0 Å². The normalized spacial score (nSPS) is 12.1. The number of methoxy groups -OCH3 is 2. The Labute approximate surface area is 204 Å². The smallest absolute Gasteiger partial charge is 0.294 e. The van der Waals surface area contributed by atoms with Crippen molar-refractivity contribution in [3.8, 4) is 34.3 Å². The molecule has 1 aliphatic rings. The molecule has 2 aromatic carbocycles. The summed E-state index contributed by atoms with van der Waals surface area (Å²) >= 11 is 1.37. The number of hydrogen-bond donors (Lipinski definition) is 1. The van der Waals surface area contributed by atoms with Crippen molar-refractivity contribution in [3.05, 3.63) is 57.3 Å². The fourth-order valence-electron chi connectivity index (χ4n) is 3.79. The van der Waals surface area contributed by atoms with E-state index >= 15 is 0 Å². The first-order valence-electron chi connectivity index (χ1n) is 10.7. The van der Waals surface area contributed by atoms with E-state index in [-0.39, 0.29) is 31.3 Å². The number of amides is 1. The number of rotatable bonds is 7. The molecular weight excluding hydrogens is 472 g/mol. The van der Waals surface area contributed by atoms with Gasteiger partial charge in [-0.25, -0.2) is 9.67 Å². The number of ether oxygens (including phenoxy) is 4. The van der Waals surface area contributed by atoms with Crippen LogP contribution in [0.25, 0.3) is 21.5 Å². The Morgan fingerprint density at radius 1 is 1.11 bits per heavy atom. The Kier molecular flexibility index (Phi) is 6.00. The molecule has 0 radical (unpaired) electrons. The van der Waals surface area contributed by atoms with Gasteiger partial charge in [-0.3, -0.25) is 9.59 Å². The first-order valence-corrected chi connectivity index (χ1v) is 11.5. The lowest BCUT2D eigenvalue weighted by molar-refractivity contribution is -0.122. The maximum absolute atomic E-state index is 13.1. The highest BCUT2D eigenvalue weighted by Crippen LogP contribution is 2.35. The lowest BCUT2D eigenvalue weighted by atomic mass is 10.1. The Bertz CT molecular complexity index is 1500. The first-order chi connectivity index (χ1) is 17.0. The standard InChI is InChI=1S/C24H22N4O6S/c1-13-26-22-23(35-13)21(15-5-7-16(31-2)18(9-15)32-3)27-28(24(22)30)11-20(29)25-10-14-4-6-17-19(8-14)34-12-33-17/h4-9H,10-12H2,1-3H3,(H,25,29). The van der Waals surface area contributed by atoms with E-state index in [4.69, 9.17) is 18.9 Å². The molecule has 0 fully saturated rings. The molecule has 180 valence electrons. The van der Waals surface area contributed by atoms with Gasteiger partial charge >= 0.3 is 0 Å². The van der Waals surface area contributed by atoms with E-state index in [0.29, 0.717) is 39.0 Å². The summed E-state index contributed by atoms with van der Waals surface area (Å²) in [7, 11) is 3.11. The summed E-state index contributed by atoms with van der Waals surface area (Å²) in [5, 5.41) is 8.09. The van der Waals surface area contributed by atoms with Gasteiger partial charge in [0.2, 0.25) is 12.7 Å². The molecule has 1 amide bonds. The van der Waals surface area contributed by atoms with Crippen LogP contribution in [0.5, 0.6) is 23.0 Å². The number of nitrogens with one attached hydrogen (secondary N) is 1. The van der Waals surface area contributed by atoms with Crippen LogP contribution in [0.4, 0.5) is 0 Å². The van der Waals surface area contributed by atoms with Crippen LogP contribution in [-0.4, -0.2) is 41.7 Å². The topological polar surface area (TPSA) is 114 Å². The predicted octanol–water partition coefficient (Wildman–Crippen LogP) is 2.89. The van der Waals surface area contributed by atoms with Gasteiger partial charge < -0.3 is 24.3 Å². The number of carbonyl (C=O) groups excluding carboxylic acids is 1. The van der Waals surface area contributed by atoms with Crippen LogP contribution in [0, 0.1) is 6.92 Å². The van der Waals surface area contributed by atoms with Crippen LogP contribution >= 0.6 is 11.3 Å². The molecule has 0 atom stereocenters. The molecule has 10 nitrogen and oxygen atoms in total. The Morgan fingerprint density at radius 3 is 2.71 bits per heavy atom. The van der Waals surface area contributed by atoms with Gasteiger partial charge in [0.15, 0.2) is 28.5 Å². The molecule has 1 aliphatic heterocycles. The van der Waals surface area contributed by atoms with Gasteiger partial charge in [0.05, 0.1) is 23.9 Å². The number of carbonyl (C=O) groups is 1. The summed E-state index contributed by atoms with van der Waals surface area (Å²) in [5.41, 5.74) is 1.95. The molecular formula is C24H22N4O6S. The lowest BCUT2D eigenvalue weighted by Crippen LogP contribution is -2.33. The highest BCUT2D eigenvalue weighted by atomic mass is 32.1. The number of hydrogen-bond acceptors (Lipinski definition) is 9. The Balaban J connectivity index is 1.44. The number of aromatic nitrogens is 3. The van der Waals surface area contributed by atoms with Crippen molar-refractivity contribution < 1.29 is 23.7 Å². The quantitative estimate of drug-likeness (QED) is 0.417. The maximum Gasteiger partial charge on any atom is 0.294 e. The third-order valence-electron chi connectivity index (χ3n) is 5.48. The molecule has 0 saturated carbocycles. The van der Waals surface area contributed by atoms with E-state index in [9.17, 15) is 9.59 Å². The fourth-order valence-corrected chi connectivity index (χ4v) is 4.71. The third kappa shape index (κ3) is 4.37. The molecule has 11 heteroatoms. The SMILES string of the molecule is COc1ccc(-c2nn(CC(=O)NCc3ccc4c(c3)OCO4)c(=O)c3nc(C)sc23)cc1OC. The molecule has 2 aromatic heterocycles. The average Bonchev–Trinajstić information content (AvgIpc) is 3.50. The zero-order valence-corrected chi connectivity index (χ0v) is 20.1. The van der Waals surface area contributed by atoms with Gasteiger partial charge in [-0.15, -0.1) is 11.3 Å². The van der Waals surface area contributed by atoms with Crippen LogP contribution in [0.3, 0.4) is 0 Å². The highest BCUT2D eigenvalue weighted by molar-refractivity contribution is 7.19. The van der Waals surface area contributed by atoms with E-state index in [1.165, 1.54) is 11.3 Å². The summed E-state index contributed by atoms with van der Waals surface area (Å²) in [5.74, 6) is 2.05. The number of nitrogens with zero attached hydrogens (tertiary/aromatic N) is 3. The average molecular weight is 495 g/mol. The number of aryl methyl sites for hydroxylation is 1. The first kappa shape index (κ1) is 22.7. The van der Waals surface area contributed by atoms with Crippen molar-refractivity contribution >= 4 is 27.5 Å². The minimum Gasteiger partial charge on any atom is -0.493 e. The maximum atomic E-state index is 13.1. The second kappa shape index (κ2) is 9.26. The fraction of sp³-hybridized carbons (Fsp3) is 0.250. The molecule has 3 heterocycles.